The molecule has 3 aliphatic rings. The number of aliphatic hydroxyl groups is 2. The van der Waals surface area contributed by atoms with Crippen molar-refractivity contribution in [3.05, 3.63) is 115 Å². The van der Waals surface area contributed by atoms with E-state index < -0.39 is 23.8 Å². The van der Waals surface area contributed by atoms with Crippen LogP contribution in [-0.2, 0) is 14.3 Å². The number of aliphatic hydroxyl groups excluding tert-OH is 2. The normalized spacial score (nSPS) is 23.8. The van der Waals surface area contributed by atoms with E-state index in [2.05, 4.69) is 54.7 Å². The average molecular weight is 793 g/mol. The minimum absolute atomic E-state index is 0.0930. The molecule has 1 amide bonds. The lowest BCUT2D eigenvalue weighted by molar-refractivity contribution is -0.255. The molecule has 2 aliphatic carbocycles. The van der Waals surface area contributed by atoms with Crippen LogP contribution in [0.15, 0.2) is 115 Å². The van der Waals surface area contributed by atoms with Crippen molar-refractivity contribution in [2.75, 3.05) is 40.1 Å². The fraction of sp³-hybridized carbons (Fsp3) is 0.458. The summed E-state index contributed by atoms with van der Waals surface area (Å²) in [4.78, 5) is 21.4. The van der Waals surface area contributed by atoms with Gasteiger partial charge in [0.05, 0.1) is 24.8 Å². The Hall–Kier alpha value is -4.90. The summed E-state index contributed by atoms with van der Waals surface area (Å²) in [6.07, 6.45) is 11.6. The van der Waals surface area contributed by atoms with E-state index in [4.69, 9.17) is 23.8 Å². The molecule has 0 saturated heterocycles. The maximum absolute atomic E-state index is 14.1. The highest BCUT2D eigenvalue weighted by molar-refractivity contribution is 6.03. The van der Waals surface area contributed by atoms with Crippen molar-refractivity contribution >= 4 is 11.8 Å². The number of nitrogens with zero attached hydrogens (tertiary/aromatic N) is 2. The molecule has 1 heterocycles. The van der Waals surface area contributed by atoms with Crippen LogP contribution in [0.1, 0.15) is 76.2 Å². The van der Waals surface area contributed by atoms with Crippen LogP contribution in [0, 0.1) is 17.8 Å². The topological polar surface area (TPSA) is 119 Å². The van der Waals surface area contributed by atoms with Gasteiger partial charge in [-0.05, 0) is 97.4 Å². The van der Waals surface area contributed by atoms with Crippen LogP contribution in [0.2, 0.25) is 0 Å². The molecule has 6 rings (SSSR count). The standard InChI is InChI=1S/C48H60N2O8/c1-5-8-30-55-47(53)50(26-6-2)44-33-42(49-54-4)40-31-36(18-12-14-27-51)39(19-13-15-28-52)45-41-32-38(24-25-43(41)58-48(44,46(40)45)56-29-7-3)57-37-22-20-35(21-23-37)34-16-10-9-11-17-34/h5,7,9-11,16-17,20-25,31-32,36,39,44-46,51-52H,1,3,6,8,12-15,18-19,26-30,33H2,2,4H3. The Morgan fingerprint density at radius 2 is 1.67 bits per heavy atom. The van der Waals surface area contributed by atoms with Gasteiger partial charge in [-0.2, -0.15) is 0 Å². The zero-order valence-electron chi connectivity index (χ0n) is 34.1. The van der Waals surface area contributed by atoms with Crippen LogP contribution in [0.3, 0.4) is 0 Å². The summed E-state index contributed by atoms with van der Waals surface area (Å²) < 4.78 is 26.7. The fourth-order valence-electron chi connectivity index (χ4n) is 9.23. The Morgan fingerprint density at radius 3 is 2.36 bits per heavy atom. The summed E-state index contributed by atoms with van der Waals surface area (Å²) in [6.45, 7) is 10.9. The molecular formula is C48H60N2O8. The molecule has 0 radical (unpaired) electrons. The Kier molecular flexibility index (Phi) is 15.2. The smallest absolute Gasteiger partial charge is 0.410 e. The van der Waals surface area contributed by atoms with Crippen LogP contribution in [0.4, 0.5) is 4.79 Å². The van der Waals surface area contributed by atoms with Crippen LogP contribution in [0.5, 0.6) is 17.2 Å². The van der Waals surface area contributed by atoms with Crippen molar-refractivity contribution in [1.29, 1.82) is 0 Å². The third kappa shape index (κ3) is 9.35. The van der Waals surface area contributed by atoms with Gasteiger partial charge in [0.25, 0.3) is 0 Å². The van der Waals surface area contributed by atoms with E-state index >= 15 is 0 Å². The van der Waals surface area contributed by atoms with E-state index in [1.54, 1.807) is 24.2 Å². The number of allylic oxidation sites excluding steroid dienone is 1. The quantitative estimate of drug-likeness (QED) is 0.0622. The molecule has 3 aromatic carbocycles. The van der Waals surface area contributed by atoms with Gasteiger partial charge in [-0.1, -0.05) is 85.6 Å². The number of rotatable bonds is 21. The SMILES string of the molecule is C=CCCOC(=O)N(CCC)C1CC(=NOC)C2=CC(CCCCO)C(CCCCO)C3c4cc(Oc5ccc(-c6ccccc6)cc5)ccc4OC1(OCC=C)C23. The first-order chi connectivity index (χ1) is 28.4. The second kappa shape index (κ2) is 20.7. The van der Waals surface area contributed by atoms with Crippen molar-refractivity contribution in [3.8, 4) is 28.4 Å². The predicted molar refractivity (Wildman–Crippen MR) is 227 cm³/mol. The van der Waals surface area contributed by atoms with Gasteiger partial charge in [0.15, 0.2) is 0 Å². The monoisotopic (exact) mass is 792 g/mol. The minimum atomic E-state index is -1.35. The number of ether oxygens (including phenoxy) is 4. The molecule has 0 aromatic heterocycles. The first kappa shape index (κ1) is 42.7. The van der Waals surface area contributed by atoms with Gasteiger partial charge in [0, 0.05) is 37.7 Å². The Balaban J connectivity index is 1.51. The number of benzene rings is 3. The largest absolute Gasteiger partial charge is 0.459 e. The molecule has 3 aromatic rings. The van der Waals surface area contributed by atoms with E-state index in [1.807, 2.05) is 49.4 Å². The lowest BCUT2D eigenvalue weighted by Crippen LogP contribution is -2.70. The molecule has 10 nitrogen and oxygen atoms in total. The van der Waals surface area contributed by atoms with Gasteiger partial charge in [-0.25, -0.2) is 4.79 Å². The summed E-state index contributed by atoms with van der Waals surface area (Å²) in [6, 6.07) is 23.7. The molecule has 1 fully saturated rings. The number of carbonyl (C=O) groups is 1. The number of hydrogen-bond donors (Lipinski definition) is 2. The molecule has 10 heteroatoms. The molecule has 2 N–H and O–H groups in total. The van der Waals surface area contributed by atoms with Crippen molar-refractivity contribution in [3.63, 3.8) is 0 Å². The average Bonchev–Trinajstić information content (AvgIpc) is 3.24. The van der Waals surface area contributed by atoms with Gasteiger partial charge < -0.3 is 34.0 Å². The number of oxime groups is 1. The molecule has 310 valence electrons. The lowest BCUT2D eigenvalue weighted by Gasteiger charge is -2.59. The summed E-state index contributed by atoms with van der Waals surface area (Å²) in [5.74, 6) is 0.327. The van der Waals surface area contributed by atoms with E-state index in [0.29, 0.717) is 55.9 Å². The van der Waals surface area contributed by atoms with Crippen molar-refractivity contribution in [2.24, 2.45) is 22.9 Å². The van der Waals surface area contributed by atoms with E-state index in [9.17, 15) is 15.0 Å². The molecule has 1 saturated carbocycles. The molecule has 0 spiro atoms. The van der Waals surface area contributed by atoms with Crippen LogP contribution in [-0.4, -0.2) is 78.8 Å². The maximum Gasteiger partial charge on any atom is 0.410 e. The summed E-state index contributed by atoms with van der Waals surface area (Å²) >= 11 is 0. The highest BCUT2D eigenvalue weighted by Gasteiger charge is 2.65. The van der Waals surface area contributed by atoms with Gasteiger partial charge in [-0.15, -0.1) is 13.2 Å². The minimum Gasteiger partial charge on any atom is -0.459 e. The molecule has 1 aliphatic heterocycles. The van der Waals surface area contributed by atoms with Gasteiger partial charge in [0.2, 0.25) is 5.79 Å². The second-order valence-electron chi connectivity index (χ2n) is 15.3. The zero-order valence-corrected chi connectivity index (χ0v) is 34.1. The maximum atomic E-state index is 14.1. The first-order valence-electron chi connectivity index (χ1n) is 20.9. The summed E-state index contributed by atoms with van der Waals surface area (Å²) in [5.41, 5.74) is 4.93. The fourth-order valence-corrected chi connectivity index (χ4v) is 9.23. The second-order valence-corrected chi connectivity index (χ2v) is 15.3. The van der Waals surface area contributed by atoms with Gasteiger partial charge >= 0.3 is 6.09 Å². The third-order valence-electron chi connectivity index (χ3n) is 11.7. The molecule has 6 unspecified atom stereocenters. The Bertz CT molecular complexity index is 1880. The van der Waals surface area contributed by atoms with Crippen LogP contribution in [0.25, 0.3) is 11.1 Å². The van der Waals surface area contributed by atoms with Crippen molar-refractivity contribution in [2.45, 2.75) is 82.5 Å². The highest BCUT2D eigenvalue weighted by atomic mass is 16.7. The highest BCUT2D eigenvalue weighted by Crippen LogP contribution is 2.62. The van der Waals surface area contributed by atoms with Crippen LogP contribution < -0.4 is 9.47 Å². The zero-order chi connectivity index (χ0) is 40.9. The lowest BCUT2D eigenvalue weighted by atomic mass is 9.55. The Labute approximate surface area is 343 Å². The molecule has 0 bridgehead atoms. The number of fused-ring (bicyclic) bond motifs is 2. The van der Waals surface area contributed by atoms with Gasteiger partial charge in [-0.3, -0.25) is 4.90 Å². The third-order valence-corrected chi connectivity index (χ3v) is 11.7. The van der Waals surface area contributed by atoms with Crippen molar-refractivity contribution in [1.82, 2.24) is 4.90 Å². The number of hydrogen-bond acceptors (Lipinski definition) is 9. The molecule has 58 heavy (non-hydrogen) atoms. The van der Waals surface area contributed by atoms with Crippen molar-refractivity contribution < 1.29 is 38.8 Å². The molecule has 6 atom stereocenters. The van der Waals surface area contributed by atoms with E-state index in [0.717, 1.165) is 53.7 Å². The summed E-state index contributed by atoms with van der Waals surface area (Å²) in [5, 5.41) is 24.4. The number of amides is 1. The number of carbonyl (C=O) groups excluding carboxylic acids is 1. The molecular weight excluding hydrogens is 733 g/mol. The Morgan fingerprint density at radius 1 is 0.948 bits per heavy atom. The number of unbranched alkanes of at least 4 members (excludes halogenated alkanes) is 2. The van der Waals surface area contributed by atoms with Gasteiger partial charge in [0.1, 0.15) is 30.4 Å². The van der Waals surface area contributed by atoms with Crippen LogP contribution >= 0.6 is 0 Å². The van der Waals surface area contributed by atoms with E-state index in [1.165, 1.54) is 0 Å². The first-order valence-corrected chi connectivity index (χ1v) is 20.9. The summed E-state index contributed by atoms with van der Waals surface area (Å²) in [7, 11) is 1.55. The van der Waals surface area contributed by atoms with E-state index in [-0.39, 0.29) is 44.2 Å². The predicted octanol–water partition coefficient (Wildman–Crippen LogP) is 9.83.